The Hall–Kier alpha value is 0.890. The third kappa shape index (κ3) is 83.1. The first kappa shape index (κ1) is 71.5. The van der Waals surface area contributed by atoms with Gasteiger partial charge in [0.25, 0.3) is 0 Å². The average molecular weight is 859 g/mol. The van der Waals surface area contributed by atoms with Gasteiger partial charge in [-0.25, -0.2) is 0 Å². The van der Waals surface area contributed by atoms with E-state index in [1.165, 1.54) is 186 Å². The largest absolute Gasteiger partial charge is 1.00 e. The van der Waals surface area contributed by atoms with Gasteiger partial charge in [-0.05, 0) is 89.9 Å². The van der Waals surface area contributed by atoms with Gasteiger partial charge in [-0.2, -0.15) is 0 Å². The molecule has 0 saturated heterocycles. The second-order valence-corrected chi connectivity index (χ2v) is 16.1. The van der Waals surface area contributed by atoms with E-state index in [2.05, 4.69) is 45.1 Å². The van der Waals surface area contributed by atoms with E-state index in [-0.39, 0.29) is 108 Å². The van der Waals surface area contributed by atoms with Crippen molar-refractivity contribution in [2.75, 3.05) is 0 Å². The van der Waals surface area contributed by atoms with Crippen LogP contribution in [0, 0.1) is 0 Å². The van der Waals surface area contributed by atoms with E-state index in [0.29, 0.717) is 0 Å². The summed E-state index contributed by atoms with van der Waals surface area (Å²) in [5.74, 6) is -2.73. The van der Waals surface area contributed by atoms with Gasteiger partial charge in [0.05, 0.1) is 0 Å². The molecule has 0 aliphatic rings. The molecule has 0 aromatic heterocycles. The van der Waals surface area contributed by atoms with E-state index in [0.717, 1.165) is 51.4 Å². The zero-order chi connectivity index (χ0) is 41.8. The van der Waals surface area contributed by atoms with Crippen LogP contribution in [0.5, 0.6) is 0 Å². The van der Waals surface area contributed by atoms with Crippen LogP contribution in [-0.2, 0) is 14.4 Å². The fourth-order valence-corrected chi connectivity index (χ4v) is 6.61. The first-order chi connectivity index (χ1) is 27.3. The summed E-state index contributed by atoms with van der Waals surface area (Å²) in [6.07, 6.45) is 55.8. The summed E-state index contributed by atoms with van der Waals surface area (Å²) in [7, 11) is 0. The van der Waals surface area contributed by atoms with E-state index in [1.54, 1.807) is 0 Å². The first-order valence-corrected chi connectivity index (χ1v) is 24.2. The smallest absolute Gasteiger partial charge is 0.550 e. The molecular formula is C50H93Na3O6. The van der Waals surface area contributed by atoms with E-state index >= 15 is 0 Å². The van der Waals surface area contributed by atoms with Crippen molar-refractivity contribution in [2.24, 2.45) is 0 Å². The number of carboxylic acid groups (broad SMARTS) is 3. The van der Waals surface area contributed by atoms with Crippen molar-refractivity contribution in [3.8, 4) is 0 Å². The Labute approximate surface area is 433 Å². The minimum absolute atomic E-state index is 0. The van der Waals surface area contributed by atoms with Crippen molar-refractivity contribution in [1.82, 2.24) is 0 Å². The van der Waals surface area contributed by atoms with Crippen LogP contribution >= 0.6 is 0 Å². The van der Waals surface area contributed by atoms with E-state index in [1.807, 2.05) is 0 Å². The Bertz CT molecular complexity index is 853. The molecule has 0 spiro atoms. The first-order valence-electron chi connectivity index (χ1n) is 24.2. The molecule has 9 heteroatoms. The number of hydrogen-bond donors (Lipinski definition) is 0. The van der Waals surface area contributed by atoms with Crippen LogP contribution in [0.2, 0.25) is 0 Å². The molecule has 0 amide bonds. The number of unbranched alkanes of at least 4 members (excludes halogenated alkanes) is 32. The molecule has 332 valence electrons. The monoisotopic (exact) mass is 859 g/mol. The SMILES string of the molecule is CCCCCC/C=C\CCCCCCCC(=O)[O-].CCCCCCCC/C=C\CCCCCCCC(=O)[O-].CCCCCCCCCCCCCCCC(=O)[O-].[Na+].[Na+].[Na+]. The summed E-state index contributed by atoms with van der Waals surface area (Å²) in [4.78, 5) is 30.6. The molecule has 0 saturated carbocycles. The normalized spacial score (nSPS) is 10.5. The van der Waals surface area contributed by atoms with Crippen molar-refractivity contribution < 1.29 is 118 Å². The predicted octanol–water partition coefficient (Wildman–Crippen LogP) is 4.00. The molecule has 0 aromatic rings. The van der Waals surface area contributed by atoms with Gasteiger partial charge in [0.1, 0.15) is 0 Å². The number of hydrogen-bond acceptors (Lipinski definition) is 6. The molecular weight excluding hydrogens is 766 g/mol. The number of carbonyl (C=O) groups is 3. The number of carbonyl (C=O) groups excluding carboxylic acids is 3. The van der Waals surface area contributed by atoms with Crippen molar-refractivity contribution in [3.63, 3.8) is 0 Å². The van der Waals surface area contributed by atoms with Crippen LogP contribution in [0.15, 0.2) is 24.3 Å². The third-order valence-electron chi connectivity index (χ3n) is 10.3. The third-order valence-corrected chi connectivity index (χ3v) is 10.3. The predicted molar refractivity (Wildman–Crippen MR) is 235 cm³/mol. The molecule has 0 rings (SSSR count). The molecule has 0 aromatic carbocycles. The minimum Gasteiger partial charge on any atom is -0.550 e. The van der Waals surface area contributed by atoms with Crippen LogP contribution in [0.4, 0.5) is 0 Å². The molecule has 0 aliphatic heterocycles. The summed E-state index contributed by atoms with van der Waals surface area (Å²) in [5.41, 5.74) is 0. The quantitative estimate of drug-likeness (QED) is 0.0521. The average Bonchev–Trinajstić information content (AvgIpc) is 3.17. The molecule has 0 bridgehead atoms. The Morgan fingerprint density at radius 2 is 0.424 bits per heavy atom. The van der Waals surface area contributed by atoms with Gasteiger partial charge >= 0.3 is 88.7 Å². The van der Waals surface area contributed by atoms with Gasteiger partial charge in [-0.1, -0.05) is 212 Å². The fraction of sp³-hybridized carbons (Fsp3) is 0.860. The van der Waals surface area contributed by atoms with Gasteiger partial charge in [0.2, 0.25) is 0 Å². The van der Waals surface area contributed by atoms with Crippen LogP contribution in [0.3, 0.4) is 0 Å². The van der Waals surface area contributed by atoms with Gasteiger partial charge < -0.3 is 29.7 Å². The zero-order valence-electron chi connectivity index (χ0n) is 40.5. The maximum absolute atomic E-state index is 10.2. The summed E-state index contributed by atoms with van der Waals surface area (Å²) >= 11 is 0. The number of carboxylic acids is 3. The minimum atomic E-state index is -0.916. The van der Waals surface area contributed by atoms with Crippen molar-refractivity contribution >= 4 is 17.9 Å². The molecule has 0 atom stereocenters. The fourth-order valence-electron chi connectivity index (χ4n) is 6.61. The Balaban J connectivity index is -0.000000174. The second-order valence-electron chi connectivity index (χ2n) is 16.1. The summed E-state index contributed by atoms with van der Waals surface area (Å²) in [5, 5.41) is 30.6. The molecule has 0 aliphatic carbocycles. The molecule has 0 N–H and O–H groups in total. The molecule has 0 heterocycles. The van der Waals surface area contributed by atoms with E-state index in [4.69, 9.17) is 0 Å². The maximum Gasteiger partial charge on any atom is 1.00 e. The summed E-state index contributed by atoms with van der Waals surface area (Å²) < 4.78 is 0. The van der Waals surface area contributed by atoms with Crippen LogP contribution < -0.4 is 104 Å². The zero-order valence-corrected chi connectivity index (χ0v) is 46.5. The Morgan fingerprint density at radius 3 is 0.610 bits per heavy atom. The number of rotatable bonds is 42. The molecule has 0 radical (unpaired) electrons. The van der Waals surface area contributed by atoms with Gasteiger partial charge in [0, 0.05) is 17.9 Å². The standard InChI is InChI=1S/C18H34O2.C16H32O2.C16H30O2.3Na/c1-2-3-4-5-6-7-8-9-10-11-12-13-14-15-16-17-18(19)20;2*1-2-3-4-5-6-7-8-9-10-11-12-13-14-15-16(17)18;;;/h9-10H,2-8,11-17H2,1H3,(H,19,20);2-15H2,1H3,(H,17,18);7-8H,2-6,9-15H2,1H3,(H,17,18);;;/q;;;3*+1/p-3/b10-9-;;8-7-;;;. The van der Waals surface area contributed by atoms with Crippen molar-refractivity contribution in [2.45, 2.75) is 278 Å². The van der Waals surface area contributed by atoms with Crippen LogP contribution in [0.1, 0.15) is 278 Å². The molecule has 0 unspecified atom stereocenters. The second kappa shape index (κ2) is 68.0. The molecule has 59 heavy (non-hydrogen) atoms. The number of aliphatic carboxylic acids is 3. The summed E-state index contributed by atoms with van der Waals surface area (Å²) in [6.45, 7) is 6.75. The van der Waals surface area contributed by atoms with Crippen LogP contribution in [0.25, 0.3) is 0 Å². The van der Waals surface area contributed by atoms with E-state index in [9.17, 15) is 29.7 Å². The molecule has 6 nitrogen and oxygen atoms in total. The molecule has 0 fully saturated rings. The maximum atomic E-state index is 10.2. The topological polar surface area (TPSA) is 120 Å². The van der Waals surface area contributed by atoms with Crippen LogP contribution in [-0.4, -0.2) is 17.9 Å². The van der Waals surface area contributed by atoms with Gasteiger partial charge in [-0.15, -0.1) is 0 Å². The Kier molecular flexibility index (Phi) is 82.4. The number of allylic oxidation sites excluding steroid dienone is 4. The van der Waals surface area contributed by atoms with Gasteiger partial charge in [-0.3, -0.25) is 0 Å². The van der Waals surface area contributed by atoms with Crippen molar-refractivity contribution in [3.05, 3.63) is 24.3 Å². The van der Waals surface area contributed by atoms with Crippen molar-refractivity contribution in [1.29, 1.82) is 0 Å². The Morgan fingerprint density at radius 1 is 0.271 bits per heavy atom. The summed E-state index contributed by atoms with van der Waals surface area (Å²) in [6, 6.07) is 0. The van der Waals surface area contributed by atoms with Gasteiger partial charge in [0.15, 0.2) is 0 Å². The van der Waals surface area contributed by atoms with E-state index < -0.39 is 17.9 Å².